The van der Waals surface area contributed by atoms with Crippen LogP contribution in [0.15, 0.2) is 54.6 Å². The number of ether oxygens (including phenoxy) is 2. The zero-order valence-corrected chi connectivity index (χ0v) is 15.9. The van der Waals surface area contributed by atoms with Gasteiger partial charge in [-0.25, -0.2) is 0 Å². The van der Waals surface area contributed by atoms with E-state index < -0.39 is 0 Å². The smallest absolute Gasteiger partial charge is 0.251 e. The Morgan fingerprint density at radius 2 is 1.70 bits per heavy atom. The molecule has 2 aromatic rings. The minimum absolute atomic E-state index is 0.0249. The molecule has 1 aliphatic heterocycles. The number of likely N-dealkylation sites (tertiary alicyclic amines) is 1. The molecule has 0 aromatic heterocycles. The number of hydrogen-bond donors (Lipinski definition) is 1. The lowest BCUT2D eigenvalue weighted by Gasteiger charge is -2.31. The van der Waals surface area contributed by atoms with Crippen molar-refractivity contribution in [1.82, 2.24) is 10.2 Å². The first-order chi connectivity index (χ1) is 13.2. The van der Waals surface area contributed by atoms with Gasteiger partial charge in [0.2, 0.25) is 0 Å². The number of para-hydroxylation sites is 1. The summed E-state index contributed by atoms with van der Waals surface area (Å²) in [7, 11) is 1.74. The van der Waals surface area contributed by atoms with Gasteiger partial charge in [0.25, 0.3) is 5.91 Å². The Morgan fingerprint density at radius 1 is 1.04 bits per heavy atom. The fourth-order valence-electron chi connectivity index (χ4n) is 3.27. The Labute approximate surface area is 161 Å². The van der Waals surface area contributed by atoms with Crippen LogP contribution in [0.3, 0.4) is 0 Å². The summed E-state index contributed by atoms with van der Waals surface area (Å²) in [6.45, 7) is 4.67. The molecule has 27 heavy (non-hydrogen) atoms. The summed E-state index contributed by atoms with van der Waals surface area (Å²) in [4.78, 5) is 14.8. The predicted octanol–water partition coefficient (Wildman–Crippen LogP) is 3.57. The molecule has 1 fully saturated rings. The van der Waals surface area contributed by atoms with E-state index in [1.54, 1.807) is 19.2 Å². The van der Waals surface area contributed by atoms with Crippen LogP contribution in [0.1, 0.15) is 23.2 Å². The standard InChI is InChI=1S/C22H28N2O3/c1-26-16-15-24-13-11-18(12-14-24)17-23-22(25)19-7-9-21(10-8-19)27-20-5-3-2-4-6-20/h2-10,18H,11-17H2,1H3,(H,23,25). The summed E-state index contributed by atoms with van der Waals surface area (Å²) in [6, 6.07) is 16.9. The maximum Gasteiger partial charge on any atom is 0.251 e. The molecule has 0 unspecified atom stereocenters. The van der Waals surface area contributed by atoms with Crippen molar-refractivity contribution >= 4 is 5.91 Å². The number of rotatable bonds is 8. The van der Waals surface area contributed by atoms with Crippen molar-refractivity contribution in [3.8, 4) is 11.5 Å². The zero-order valence-electron chi connectivity index (χ0n) is 15.9. The van der Waals surface area contributed by atoms with Crippen LogP contribution in [0, 0.1) is 5.92 Å². The molecule has 0 saturated carbocycles. The number of carbonyl (C=O) groups is 1. The van der Waals surface area contributed by atoms with E-state index in [0.29, 0.717) is 11.5 Å². The molecule has 3 rings (SSSR count). The summed E-state index contributed by atoms with van der Waals surface area (Å²) >= 11 is 0. The Bertz CT molecular complexity index is 695. The fourth-order valence-corrected chi connectivity index (χ4v) is 3.27. The molecule has 5 heteroatoms. The Morgan fingerprint density at radius 3 is 2.37 bits per heavy atom. The third kappa shape index (κ3) is 6.08. The normalized spacial score (nSPS) is 15.4. The second-order valence-electron chi connectivity index (χ2n) is 6.93. The molecular weight excluding hydrogens is 340 g/mol. The molecule has 1 heterocycles. The van der Waals surface area contributed by atoms with Crippen molar-refractivity contribution in [3.05, 3.63) is 60.2 Å². The van der Waals surface area contributed by atoms with Crippen molar-refractivity contribution in [2.45, 2.75) is 12.8 Å². The van der Waals surface area contributed by atoms with Crippen molar-refractivity contribution in [2.75, 3.05) is 39.9 Å². The number of nitrogens with zero attached hydrogens (tertiary/aromatic N) is 1. The SMILES string of the molecule is COCCN1CCC(CNC(=O)c2ccc(Oc3ccccc3)cc2)CC1. The number of methoxy groups -OCH3 is 1. The van der Waals surface area contributed by atoms with Crippen LogP contribution in [0.5, 0.6) is 11.5 Å². The molecule has 5 nitrogen and oxygen atoms in total. The van der Waals surface area contributed by atoms with Crippen LogP contribution in [0.2, 0.25) is 0 Å². The topological polar surface area (TPSA) is 50.8 Å². The van der Waals surface area contributed by atoms with Gasteiger partial charge in [0.15, 0.2) is 0 Å². The van der Waals surface area contributed by atoms with Gasteiger partial charge in [-0.15, -0.1) is 0 Å². The Balaban J connectivity index is 1.42. The maximum absolute atomic E-state index is 12.4. The lowest BCUT2D eigenvalue weighted by molar-refractivity contribution is 0.0926. The molecule has 0 radical (unpaired) electrons. The molecule has 0 bridgehead atoms. The van der Waals surface area contributed by atoms with Crippen molar-refractivity contribution in [2.24, 2.45) is 5.92 Å². The largest absolute Gasteiger partial charge is 0.457 e. The highest BCUT2D eigenvalue weighted by molar-refractivity contribution is 5.94. The number of hydrogen-bond acceptors (Lipinski definition) is 4. The average molecular weight is 368 g/mol. The van der Waals surface area contributed by atoms with Gasteiger partial charge in [0.1, 0.15) is 11.5 Å². The van der Waals surface area contributed by atoms with Gasteiger partial charge in [0, 0.05) is 25.8 Å². The number of nitrogens with one attached hydrogen (secondary N) is 1. The molecule has 0 atom stereocenters. The zero-order chi connectivity index (χ0) is 18.9. The number of benzene rings is 2. The van der Waals surface area contributed by atoms with Crippen LogP contribution in [0.25, 0.3) is 0 Å². The summed E-state index contributed by atoms with van der Waals surface area (Å²) in [5.41, 5.74) is 0.660. The molecule has 1 aliphatic rings. The second-order valence-corrected chi connectivity index (χ2v) is 6.93. The van der Waals surface area contributed by atoms with E-state index in [2.05, 4.69) is 10.2 Å². The average Bonchev–Trinajstić information content (AvgIpc) is 2.72. The predicted molar refractivity (Wildman–Crippen MR) is 106 cm³/mol. The lowest BCUT2D eigenvalue weighted by Crippen LogP contribution is -2.39. The molecule has 1 N–H and O–H groups in total. The van der Waals surface area contributed by atoms with E-state index in [-0.39, 0.29) is 5.91 Å². The van der Waals surface area contributed by atoms with E-state index in [9.17, 15) is 4.79 Å². The fraction of sp³-hybridized carbons (Fsp3) is 0.409. The summed E-state index contributed by atoms with van der Waals surface area (Å²) in [5, 5.41) is 3.07. The first kappa shape index (κ1) is 19.4. The van der Waals surface area contributed by atoms with Gasteiger partial charge in [-0.05, 0) is 68.2 Å². The molecule has 1 saturated heterocycles. The van der Waals surface area contributed by atoms with E-state index in [4.69, 9.17) is 9.47 Å². The van der Waals surface area contributed by atoms with Crippen LogP contribution in [-0.2, 0) is 4.74 Å². The lowest BCUT2D eigenvalue weighted by atomic mass is 9.96. The van der Waals surface area contributed by atoms with Gasteiger partial charge in [0.05, 0.1) is 6.61 Å². The van der Waals surface area contributed by atoms with Crippen LogP contribution < -0.4 is 10.1 Å². The Kier molecular flexibility index (Phi) is 7.25. The number of carbonyl (C=O) groups excluding carboxylic acids is 1. The number of amides is 1. The van der Waals surface area contributed by atoms with Gasteiger partial charge < -0.3 is 19.7 Å². The van der Waals surface area contributed by atoms with Crippen LogP contribution in [0.4, 0.5) is 0 Å². The molecular formula is C22H28N2O3. The van der Waals surface area contributed by atoms with E-state index in [1.165, 1.54) is 0 Å². The van der Waals surface area contributed by atoms with Gasteiger partial charge in [-0.1, -0.05) is 18.2 Å². The first-order valence-electron chi connectivity index (χ1n) is 9.57. The van der Waals surface area contributed by atoms with Gasteiger partial charge >= 0.3 is 0 Å². The van der Waals surface area contributed by atoms with Crippen molar-refractivity contribution in [3.63, 3.8) is 0 Å². The van der Waals surface area contributed by atoms with E-state index in [1.807, 2.05) is 42.5 Å². The minimum atomic E-state index is -0.0249. The third-order valence-corrected chi connectivity index (χ3v) is 4.97. The van der Waals surface area contributed by atoms with Crippen molar-refractivity contribution < 1.29 is 14.3 Å². The molecule has 0 aliphatic carbocycles. The van der Waals surface area contributed by atoms with Crippen LogP contribution in [-0.4, -0.2) is 50.7 Å². The minimum Gasteiger partial charge on any atom is -0.457 e. The quantitative estimate of drug-likeness (QED) is 0.774. The molecule has 2 aromatic carbocycles. The highest BCUT2D eigenvalue weighted by Crippen LogP contribution is 2.21. The summed E-state index contributed by atoms with van der Waals surface area (Å²) < 4.78 is 10.9. The molecule has 1 amide bonds. The molecule has 0 spiro atoms. The molecule has 144 valence electrons. The monoisotopic (exact) mass is 368 g/mol. The number of piperidine rings is 1. The highest BCUT2D eigenvalue weighted by atomic mass is 16.5. The van der Waals surface area contributed by atoms with E-state index >= 15 is 0 Å². The van der Waals surface area contributed by atoms with Gasteiger partial charge in [-0.3, -0.25) is 4.79 Å². The van der Waals surface area contributed by atoms with Gasteiger partial charge in [-0.2, -0.15) is 0 Å². The maximum atomic E-state index is 12.4. The summed E-state index contributed by atoms with van der Waals surface area (Å²) in [5.74, 6) is 2.03. The van der Waals surface area contributed by atoms with E-state index in [0.717, 1.165) is 57.1 Å². The first-order valence-corrected chi connectivity index (χ1v) is 9.57. The van der Waals surface area contributed by atoms with Crippen molar-refractivity contribution in [1.29, 1.82) is 0 Å². The second kappa shape index (κ2) is 10.1. The third-order valence-electron chi connectivity index (χ3n) is 4.97. The van der Waals surface area contributed by atoms with Crippen LogP contribution >= 0.6 is 0 Å². The summed E-state index contributed by atoms with van der Waals surface area (Å²) in [6.07, 6.45) is 2.24. The highest BCUT2D eigenvalue weighted by Gasteiger charge is 2.19. The Hall–Kier alpha value is -2.37.